The number of nitrogens with zero attached hydrogens (tertiary/aromatic N) is 3. The highest BCUT2D eigenvalue weighted by atomic mass is 15.1. The molecule has 0 amide bonds. The second-order valence-corrected chi connectivity index (χ2v) is 9.67. The van der Waals surface area contributed by atoms with Crippen LogP contribution in [-0.2, 0) is 0 Å². The maximum atomic E-state index is 4.84. The molecule has 8 rings (SSSR count). The van der Waals surface area contributed by atoms with Crippen LogP contribution in [0.15, 0.2) is 140 Å². The van der Waals surface area contributed by atoms with E-state index in [0.717, 1.165) is 27.9 Å². The van der Waals surface area contributed by atoms with Gasteiger partial charge in [-0.25, -0.2) is 0 Å². The van der Waals surface area contributed by atoms with Crippen molar-refractivity contribution in [2.45, 2.75) is 0 Å². The second kappa shape index (κ2) is 8.19. The van der Waals surface area contributed by atoms with Gasteiger partial charge in [-0.1, -0.05) is 103 Å². The molecular weight excluding hydrogens is 462 g/mol. The Kier molecular flexibility index (Phi) is 4.52. The van der Waals surface area contributed by atoms with Crippen LogP contribution >= 0.6 is 0 Å². The first-order valence-corrected chi connectivity index (χ1v) is 12.9. The number of hydrogen-bond donors (Lipinski definition) is 0. The van der Waals surface area contributed by atoms with Gasteiger partial charge >= 0.3 is 0 Å². The van der Waals surface area contributed by atoms with Gasteiger partial charge in [0, 0.05) is 27.1 Å². The Hall–Kier alpha value is -5.15. The highest BCUT2D eigenvalue weighted by Crippen LogP contribution is 2.42. The summed E-state index contributed by atoms with van der Waals surface area (Å²) in [5.74, 6) is 0. The van der Waals surface area contributed by atoms with Gasteiger partial charge < -0.3 is 0 Å². The monoisotopic (exact) mass is 485 g/mol. The molecule has 0 fully saturated rings. The zero-order valence-electron chi connectivity index (χ0n) is 20.6. The van der Waals surface area contributed by atoms with Gasteiger partial charge in [-0.15, -0.1) is 0 Å². The Morgan fingerprint density at radius 2 is 1.16 bits per heavy atom. The minimum absolute atomic E-state index is 0.999. The molecule has 3 aromatic heterocycles. The van der Waals surface area contributed by atoms with E-state index in [0.29, 0.717) is 0 Å². The fourth-order valence-corrected chi connectivity index (χ4v) is 5.92. The number of hydrogen-bond acceptors (Lipinski definition) is 1. The Morgan fingerprint density at radius 1 is 0.526 bits per heavy atom. The highest BCUT2D eigenvalue weighted by Gasteiger charge is 2.23. The van der Waals surface area contributed by atoms with Crippen LogP contribution in [0, 0.1) is 0 Å². The smallest absolute Gasteiger partial charge is 0.131 e. The first kappa shape index (κ1) is 21.0. The van der Waals surface area contributed by atoms with Gasteiger partial charge in [-0.2, -0.15) is 0 Å². The molecular formula is C35H23N3. The summed E-state index contributed by atoms with van der Waals surface area (Å²) in [4.78, 5) is 4.84. The van der Waals surface area contributed by atoms with Crippen molar-refractivity contribution in [2.75, 3.05) is 0 Å². The number of benzene rings is 5. The van der Waals surface area contributed by atoms with Crippen LogP contribution in [0.3, 0.4) is 0 Å². The summed E-state index contributed by atoms with van der Waals surface area (Å²) in [6, 6.07) is 47.4. The van der Waals surface area contributed by atoms with Crippen molar-refractivity contribution >= 4 is 43.7 Å². The Morgan fingerprint density at radius 3 is 1.97 bits per heavy atom. The van der Waals surface area contributed by atoms with Crippen molar-refractivity contribution in [1.82, 2.24) is 14.1 Å². The predicted molar refractivity (Wildman–Crippen MR) is 158 cm³/mol. The van der Waals surface area contributed by atoms with E-state index in [1.165, 1.54) is 38.3 Å². The van der Waals surface area contributed by atoms with E-state index in [2.05, 4.69) is 137 Å². The molecule has 3 nitrogen and oxygen atoms in total. The van der Waals surface area contributed by atoms with Crippen LogP contribution in [-0.4, -0.2) is 14.1 Å². The lowest BCUT2D eigenvalue weighted by Crippen LogP contribution is -2.03. The summed E-state index contributed by atoms with van der Waals surface area (Å²) in [6.45, 7) is 0. The van der Waals surface area contributed by atoms with Crippen molar-refractivity contribution in [3.63, 3.8) is 0 Å². The minimum Gasteiger partial charge on any atom is -0.294 e. The van der Waals surface area contributed by atoms with E-state index in [1.54, 1.807) is 0 Å². The highest BCUT2D eigenvalue weighted by molar-refractivity contribution is 6.22. The Labute approximate surface area is 219 Å². The molecule has 3 heteroatoms. The van der Waals surface area contributed by atoms with Crippen molar-refractivity contribution in [3.8, 4) is 22.5 Å². The number of rotatable bonds is 3. The van der Waals surface area contributed by atoms with Crippen LogP contribution in [0.5, 0.6) is 0 Å². The Bertz CT molecular complexity index is 2130. The largest absolute Gasteiger partial charge is 0.294 e. The molecule has 0 unspecified atom stereocenters. The number of para-hydroxylation sites is 4. The van der Waals surface area contributed by atoms with Crippen LogP contribution in [0.4, 0.5) is 0 Å². The third kappa shape index (κ3) is 2.99. The molecule has 0 radical (unpaired) electrons. The maximum absolute atomic E-state index is 4.84. The van der Waals surface area contributed by atoms with Crippen LogP contribution < -0.4 is 0 Å². The topological polar surface area (TPSA) is 22.8 Å². The molecule has 0 N–H and O–H groups in total. The molecule has 0 aliphatic carbocycles. The fourth-order valence-electron chi connectivity index (χ4n) is 5.92. The standard InChI is InChI=1S/C35H23N3/c1-2-12-24(13-3-1)27-15-5-9-19-31(27)38-33-21-11-7-17-29(33)34-28-16-6-10-20-32(28)37(35(34)38)26-22-25-14-4-8-18-30(25)36-23-26/h1-23H. The van der Waals surface area contributed by atoms with Gasteiger partial charge in [0.05, 0.1) is 34.1 Å². The summed E-state index contributed by atoms with van der Waals surface area (Å²) in [5.41, 5.74) is 9.11. The minimum atomic E-state index is 0.999. The second-order valence-electron chi connectivity index (χ2n) is 9.67. The molecule has 0 spiro atoms. The fraction of sp³-hybridized carbons (Fsp3) is 0. The lowest BCUT2D eigenvalue weighted by molar-refractivity contribution is 1.06. The first-order valence-electron chi connectivity index (χ1n) is 12.9. The molecule has 0 aliphatic heterocycles. The van der Waals surface area contributed by atoms with E-state index in [4.69, 9.17) is 4.98 Å². The number of aromatic nitrogens is 3. The first-order chi connectivity index (χ1) is 18.9. The zero-order chi connectivity index (χ0) is 25.1. The zero-order valence-corrected chi connectivity index (χ0v) is 20.6. The van der Waals surface area contributed by atoms with Crippen LogP contribution in [0.2, 0.25) is 0 Å². The lowest BCUT2D eigenvalue weighted by Gasteiger charge is -2.16. The Balaban J connectivity index is 1.57. The van der Waals surface area contributed by atoms with Gasteiger partial charge in [0.2, 0.25) is 0 Å². The third-order valence-corrected chi connectivity index (χ3v) is 7.54. The van der Waals surface area contributed by atoms with Crippen LogP contribution in [0.1, 0.15) is 0 Å². The molecule has 0 atom stereocenters. The SMILES string of the molecule is c1ccc(-c2ccccc2-n2c3ccccc3c3c4ccccc4n(-c4cnc5ccccc5c4)c32)cc1. The van der Waals surface area contributed by atoms with E-state index in [9.17, 15) is 0 Å². The molecule has 3 heterocycles. The normalized spacial score (nSPS) is 11.7. The molecule has 0 aliphatic rings. The average molecular weight is 486 g/mol. The third-order valence-electron chi connectivity index (χ3n) is 7.54. The summed E-state index contributed by atoms with van der Waals surface area (Å²) in [6.07, 6.45) is 2.00. The van der Waals surface area contributed by atoms with Crippen molar-refractivity contribution < 1.29 is 0 Å². The molecule has 0 bridgehead atoms. The van der Waals surface area contributed by atoms with Crippen molar-refractivity contribution in [2.24, 2.45) is 0 Å². The molecule has 5 aromatic carbocycles. The van der Waals surface area contributed by atoms with Gasteiger partial charge in [-0.05, 0) is 35.9 Å². The number of fused-ring (bicyclic) bond motifs is 6. The van der Waals surface area contributed by atoms with Crippen molar-refractivity contribution in [1.29, 1.82) is 0 Å². The lowest BCUT2D eigenvalue weighted by atomic mass is 10.0. The summed E-state index contributed by atoms with van der Waals surface area (Å²) >= 11 is 0. The van der Waals surface area contributed by atoms with Gasteiger partial charge in [0.25, 0.3) is 0 Å². The average Bonchev–Trinajstić information content (AvgIpc) is 3.50. The molecule has 8 aromatic rings. The maximum Gasteiger partial charge on any atom is 0.131 e. The van der Waals surface area contributed by atoms with E-state index < -0.39 is 0 Å². The van der Waals surface area contributed by atoms with Gasteiger partial charge in [0.15, 0.2) is 0 Å². The van der Waals surface area contributed by atoms with Crippen molar-refractivity contribution in [3.05, 3.63) is 140 Å². The molecule has 0 saturated heterocycles. The molecule has 0 saturated carbocycles. The van der Waals surface area contributed by atoms with E-state index >= 15 is 0 Å². The summed E-state index contributed by atoms with van der Waals surface area (Å²) < 4.78 is 4.81. The quantitative estimate of drug-likeness (QED) is 0.245. The molecule has 178 valence electrons. The summed E-state index contributed by atoms with van der Waals surface area (Å²) in [5, 5.41) is 4.87. The van der Waals surface area contributed by atoms with Gasteiger partial charge in [0.1, 0.15) is 5.65 Å². The van der Waals surface area contributed by atoms with E-state index in [1.807, 2.05) is 12.3 Å². The molecule has 38 heavy (non-hydrogen) atoms. The van der Waals surface area contributed by atoms with Gasteiger partial charge in [-0.3, -0.25) is 14.1 Å². The summed E-state index contributed by atoms with van der Waals surface area (Å²) in [7, 11) is 0. The van der Waals surface area contributed by atoms with E-state index in [-0.39, 0.29) is 0 Å². The number of pyridine rings is 1. The predicted octanol–water partition coefficient (Wildman–Crippen LogP) is 8.94. The van der Waals surface area contributed by atoms with Crippen LogP contribution in [0.25, 0.3) is 66.2 Å².